The van der Waals surface area contributed by atoms with Gasteiger partial charge >= 0.3 is 0 Å². The molecular formula is C42H27BrN2. The van der Waals surface area contributed by atoms with Crippen LogP contribution in [0.15, 0.2) is 168 Å². The topological polar surface area (TPSA) is 9.86 Å². The van der Waals surface area contributed by atoms with Crippen LogP contribution in [0, 0.1) is 0 Å². The Bertz CT molecular complexity index is 2470. The zero-order valence-electron chi connectivity index (χ0n) is 26.2. The van der Waals surface area contributed by atoms with Gasteiger partial charge in [-0.3, -0.25) is 0 Å². The first-order valence-electron chi connectivity index (χ1n) is 16.0. The number of hydrogen-bond acceptors (Lipinski definition) is 0. The number of benzene rings is 7. The van der Waals surface area contributed by atoms with Gasteiger partial charge in [0, 0.05) is 37.4 Å². The molecule has 0 spiro atoms. The summed E-state index contributed by atoms with van der Waals surface area (Å²) in [4.78, 5) is 0. The normalized spacial score (nSPS) is 12.3. The SMILES string of the molecule is [2H]c1ccc2c(c1)c1cc(-c3cc(Br)cc(-c4ccc5c(c4)c4cc([2H])ccc4n5-c4ccccc4)c3)ccc1n2-c1ccccc1. The van der Waals surface area contributed by atoms with Gasteiger partial charge in [0.15, 0.2) is 0 Å². The van der Waals surface area contributed by atoms with Gasteiger partial charge in [0.1, 0.15) is 0 Å². The van der Waals surface area contributed by atoms with Crippen molar-refractivity contribution < 1.29 is 2.74 Å². The molecule has 2 nitrogen and oxygen atoms in total. The second kappa shape index (κ2) is 10.4. The van der Waals surface area contributed by atoms with Gasteiger partial charge in [0.05, 0.1) is 24.8 Å². The predicted octanol–water partition coefficient (Wildman–Crippen LogP) is 12.0. The molecule has 45 heavy (non-hydrogen) atoms. The van der Waals surface area contributed by atoms with Gasteiger partial charge in [-0.25, -0.2) is 0 Å². The van der Waals surface area contributed by atoms with Crippen molar-refractivity contribution in [3.8, 4) is 33.6 Å². The molecule has 0 saturated carbocycles. The minimum Gasteiger partial charge on any atom is -0.309 e. The number of para-hydroxylation sites is 4. The van der Waals surface area contributed by atoms with Gasteiger partial charge in [-0.1, -0.05) is 101 Å². The van der Waals surface area contributed by atoms with Crippen LogP contribution in [0.3, 0.4) is 0 Å². The van der Waals surface area contributed by atoms with Crippen molar-refractivity contribution in [3.63, 3.8) is 0 Å². The van der Waals surface area contributed by atoms with Crippen LogP contribution in [-0.2, 0) is 0 Å². The lowest BCUT2D eigenvalue weighted by Crippen LogP contribution is -1.93. The van der Waals surface area contributed by atoms with Gasteiger partial charge in [-0.15, -0.1) is 0 Å². The summed E-state index contributed by atoms with van der Waals surface area (Å²) in [5.74, 6) is 0. The molecular weight excluding hydrogens is 612 g/mol. The van der Waals surface area contributed by atoms with Gasteiger partial charge in [-0.05, 0) is 101 Å². The van der Waals surface area contributed by atoms with Gasteiger partial charge in [0.25, 0.3) is 0 Å². The van der Waals surface area contributed by atoms with Crippen LogP contribution in [0.4, 0.5) is 0 Å². The maximum atomic E-state index is 8.38. The molecule has 0 atom stereocenters. The molecule has 0 aliphatic heterocycles. The van der Waals surface area contributed by atoms with E-state index in [0.717, 1.165) is 81.7 Å². The fraction of sp³-hybridized carbons (Fsp3) is 0. The third kappa shape index (κ3) is 4.23. The number of aromatic nitrogens is 2. The first-order chi connectivity index (χ1) is 23.0. The highest BCUT2D eigenvalue weighted by atomic mass is 79.9. The summed E-state index contributed by atoms with van der Waals surface area (Å²) in [6, 6.07) is 53.5. The Labute approximate surface area is 272 Å². The Kier molecular flexibility index (Phi) is 5.53. The second-order valence-electron chi connectivity index (χ2n) is 11.4. The Morgan fingerprint density at radius 3 is 1.29 bits per heavy atom. The van der Waals surface area contributed by atoms with Crippen LogP contribution < -0.4 is 0 Å². The van der Waals surface area contributed by atoms with Crippen molar-refractivity contribution in [1.29, 1.82) is 0 Å². The third-order valence-corrected chi connectivity index (χ3v) is 9.27. The maximum Gasteiger partial charge on any atom is 0.0623 e. The molecule has 0 radical (unpaired) electrons. The van der Waals surface area contributed by atoms with E-state index < -0.39 is 0 Å². The van der Waals surface area contributed by atoms with Crippen molar-refractivity contribution in [2.45, 2.75) is 0 Å². The average Bonchev–Trinajstić information content (AvgIpc) is 3.60. The maximum absolute atomic E-state index is 8.38. The average molecular weight is 642 g/mol. The number of halogens is 1. The first-order valence-corrected chi connectivity index (χ1v) is 15.8. The van der Waals surface area contributed by atoms with E-state index in [0.29, 0.717) is 12.1 Å². The van der Waals surface area contributed by atoms with Crippen molar-refractivity contribution >= 4 is 59.5 Å². The molecule has 2 aromatic heterocycles. The molecule has 0 unspecified atom stereocenters. The number of rotatable bonds is 4. The number of hydrogen-bond donors (Lipinski definition) is 0. The molecule has 0 fully saturated rings. The lowest BCUT2D eigenvalue weighted by Gasteiger charge is -2.11. The third-order valence-electron chi connectivity index (χ3n) is 8.81. The Balaban J connectivity index is 1.21. The summed E-state index contributed by atoms with van der Waals surface area (Å²) < 4.78 is 22.3. The van der Waals surface area contributed by atoms with Crippen molar-refractivity contribution in [1.82, 2.24) is 9.13 Å². The molecule has 212 valence electrons. The fourth-order valence-electron chi connectivity index (χ4n) is 6.81. The van der Waals surface area contributed by atoms with E-state index >= 15 is 0 Å². The lowest BCUT2D eigenvalue weighted by molar-refractivity contribution is 1.18. The zero-order chi connectivity index (χ0) is 31.6. The van der Waals surface area contributed by atoms with Crippen LogP contribution in [0.2, 0.25) is 0 Å². The molecule has 0 amide bonds. The van der Waals surface area contributed by atoms with Crippen molar-refractivity contribution in [2.75, 3.05) is 0 Å². The van der Waals surface area contributed by atoms with Crippen LogP contribution >= 0.6 is 15.9 Å². The molecule has 0 aliphatic rings. The first kappa shape index (κ1) is 24.0. The standard InChI is InChI=1S/C42H27BrN2/c43-32-24-30(28-19-21-41-37(26-28)35-15-7-9-17-39(35)44(41)33-11-3-1-4-12-33)23-31(25-32)29-20-22-42-38(27-29)36-16-8-10-18-40(36)45(42)34-13-5-2-6-14-34/h1-27H/i7D,8D. The number of nitrogens with zero attached hydrogens (tertiary/aromatic N) is 2. The number of fused-ring (bicyclic) bond motifs is 6. The quantitative estimate of drug-likeness (QED) is 0.181. The van der Waals surface area contributed by atoms with Crippen LogP contribution in [0.25, 0.3) is 77.2 Å². The van der Waals surface area contributed by atoms with E-state index in [1.807, 2.05) is 36.4 Å². The summed E-state index contributed by atoms with van der Waals surface area (Å²) in [5.41, 5.74) is 11.1. The van der Waals surface area contributed by atoms with E-state index in [1.165, 1.54) is 0 Å². The lowest BCUT2D eigenvalue weighted by atomic mass is 9.97. The largest absolute Gasteiger partial charge is 0.309 e. The zero-order valence-corrected chi connectivity index (χ0v) is 25.8. The van der Waals surface area contributed by atoms with E-state index in [1.54, 1.807) is 0 Å². The second-order valence-corrected chi connectivity index (χ2v) is 12.3. The molecule has 9 aromatic rings. The molecule has 0 N–H and O–H groups in total. The van der Waals surface area contributed by atoms with Gasteiger partial charge in [-0.2, -0.15) is 0 Å². The summed E-state index contributed by atoms with van der Waals surface area (Å²) >= 11 is 3.82. The molecule has 0 saturated heterocycles. The Morgan fingerprint density at radius 1 is 0.378 bits per heavy atom. The molecule has 3 heteroatoms. The van der Waals surface area contributed by atoms with Gasteiger partial charge < -0.3 is 9.13 Å². The fourth-order valence-corrected chi connectivity index (χ4v) is 7.30. The van der Waals surface area contributed by atoms with E-state index in [2.05, 4.69) is 140 Å². The highest BCUT2D eigenvalue weighted by Gasteiger charge is 2.15. The molecule has 0 bridgehead atoms. The smallest absolute Gasteiger partial charge is 0.0623 e. The van der Waals surface area contributed by atoms with Crippen LogP contribution in [0.5, 0.6) is 0 Å². The minimum absolute atomic E-state index is 0.501. The van der Waals surface area contributed by atoms with E-state index in [4.69, 9.17) is 2.74 Å². The molecule has 9 rings (SSSR count). The van der Waals surface area contributed by atoms with Crippen molar-refractivity contribution in [2.24, 2.45) is 0 Å². The highest BCUT2D eigenvalue weighted by Crippen LogP contribution is 2.39. The monoisotopic (exact) mass is 640 g/mol. The van der Waals surface area contributed by atoms with Gasteiger partial charge in [0.2, 0.25) is 0 Å². The highest BCUT2D eigenvalue weighted by molar-refractivity contribution is 9.10. The van der Waals surface area contributed by atoms with Crippen LogP contribution in [-0.4, -0.2) is 9.13 Å². The predicted molar refractivity (Wildman–Crippen MR) is 194 cm³/mol. The summed E-state index contributed by atoms with van der Waals surface area (Å²) in [5, 5.41) is 4.39. The molecule has 0 aliphatic carbocycles. The summed E-state index contributed by atoms with van der Waals surface area (Å²) in [6.07, 6.45) is 0. The molecule has 7 aromatic carbocycles. The van der Waals surface area contributed by atoms with Crippen molar-refractivity contribution in [3.05, 3.63) is 168 Å². The Morgan fingerprint density at radius 2 is 0.822 bits per heavy atom. The molecule has 2 heterocycles. The van der Waals surface area contributed by atoms with Crippen LogP contribution in [0.1, 0.15) is 2.74 Å². The Hall–Kier alpha value is -5.38. The van der Waals surface area contributed by atoms with E-state index in [9.17, 15) is 0 Å². The summed E-state index contributed by atoms with van der Waals surface area (Å²) in [7, 11) is 0. The summed E-state index contributed by atoms with van der Waals surface area (Å²) in [6.45, 7) is 0. The minimum atomic E-state index is 0.501. The van der Waals surface area contributed by atoms with E-state index in [-0.39, 0.29) is 0 Å².